The van der Waals surface area contributed by atoms with Crippen molar-refractivity contribution in [3.8, 4) is 0 Å². The summed E-state index contributed by atoms with van der Waals surface area (Å²) < 4.78 is 5.82. The number of thioether (sulfide) groups is 1. The lowest BCUT2D eigenvalue weighted by atomic mass is 9.94. The standard InChI is InChI=1S/C21H36N2O2S/c1-23(19-10-4-3-5-11-19)15-20(24)17-25-16-18-9-6-7-12-21(18)22-13-8-14-26-2/h6-7,9,12,19-20,22,24H,3-5,8,10-11,13-17H2,1-2H3. The molecular weight excluding hydrogens is 344 g/mol. The molecule has 4 nitrogen and oxygen atoms in total. The first-order valence-electron chi connectivity index (χ1n) is 9.97. The number of ether oxygens (including phenoxy) is 1. The maximum Gasteiger partial charge on any atom is 0.0900 e. The molecule has 1 fully saturated rings. The molecule has 5 heteroatoms. The van der Waals surface area contributed by atoms with Gasteiger partial charge in [-0.25, -0.2) is 0 Å². The largest absolute Gasteiger partial charge is 0.389 e. The first-order chi connectivity index (χ1) is 12.7. The van der Waals surface area contributed by atoms with Crippen molar-refractivity contribution in [1.29, 1.82) is 0 Å². The number of hydrogen-bond donors (Lipinski definition) is 2. The molecule has 0 amide bonds. The Morgan fingerprint density at radius 1 is 1.27 bits per heavy atom. The number of nitrogens with one attached hydrogen (secondary N) is 1. The van der Waals surface area contributed by atoms with Crippen molar-refractivity contribution in [2.75, 3.05) is 44.1 Å². The number of aliphatic hydroxyl groups excluding tert-OH is 1. The number of benzene rings is 1. The SMILES string of the molecule is CSCCCNc1ccccc1COCC(O)CN(C)C1CCCCC1. The fourth-order valence-corrected chi connectivity index (χ4v) is 4.05. The zero-order chi connectivity index (χ0) is 18.6. The highest BCUT2D eigenvalue weighted by molar-refractivity contribution is 7.98. The predicted octanol–water partition coefficient (Wildman–Crippen LogP) is 3.99. The Morgan fingerprint density at radius 3 is 2.81 bits per heavy atom. The highest BCUT2D eigenvalue weighted by atomic mass is 32.2. The molecule has 2 N–H and O–H groups in total. The minimum atomic E-state index is -0.427. The highest BCUT2D eigenvalue weighted by Crippen LogP contribution is 2.22. The molecule has 0 spiro atoms. The molecule has 1 aliphatic carbocycles. The average Bonchev–Trinajstić information content (AvgIpc) is 2.67. The lowest BCUT2D eigenvalue weighted by molar-refractivity contribution is 0.00501. The topological polar surface area (TPSA) is 44.7 Å². The van der Waals surface area contributed by atoms with Crippen LogP contribution in [0.1, 0.15) is 44.1 Å². The van der Waals surface area contributed by atoms with Gasteiger partial charge in [0.2, 0.25) is 0 Å². The summed E-state index contributed by atoms with van der Waals surface area (Å²) >= 11 is 1.88. The molecule has 0 bridgehead atoms. The molecule has 1 aliphatic rings. The molecule has 0 aliphatic heterocycles. The van der Waals surface area contributed by atoms with Crippen LogP contribution in [0.4, 0.5) is 5.69 Å². The lowest BCUT2D eigenvalue weighted by Gasteiger charge is -2.32. The number of hydrogen-bond acceptors (Lipinski definition) is 5. The van der Waals surface area contributed by atoms with E-state index < -0.39 is 6.10 Å². The Bertz CT molecular complexity index is 495. The van der Waals surface area contributed by atoms with Crippen LogP contribution in [-0.2, 0) is 11.3 Å². The summed E-state index contributed by atoms with van der Waals surface area (Å²) in [6, 6.07) is 8.92. The van der Waals surface area contributed by atoms with Crippen LogP contribution < -0.4 is 5.32 Å². The van der Waals surface area contributed by atoms with E-state index in [0.29, 0.717) is 25.8 Å². The first-order valence-corrected chi connectivity index (χ1v) is 11.4. The van der Waals surface area contributed by atoms with Crippen LogP contribution in [-0.4, -0.2) is 60.9 Å². The van der Waals surface area contributed by atoms with E-state index in [1.807, 2.05) is 23.9 Å². The van der Waals surface area contributed by atoms with Crippen LogP contribution in [0, 0.1) is 0 Å². The molecule has 0 aromatic heterocycles. The van der Waals surface area contributed by atoms with Crippen LogP contribution in [0.3, 0.4) is 0 Å². The van der Waals surface area contributed by atoms with E-state index >= 15 is 0 Å². The van der Waals surface area contributed by atoms with E-state index in [1.54, 1.807) is 0 Å². The second-order valence-corrected chi connectivity index (χ2v) is 8.32. The van der Waals surface area contributed by atoms with Gasteiger partial charge < -0.3 is 20.1 Å². The van der Waals surface area contributed by atoms with Crippen LogP contribution in [0.25, 0.3) is 0 Å². The molecule has 1 aromatic rings. The van der Waals surface area contributed by atoms with Gasteiger partial charge in [-0.05, 0) is 44.4 Å². The average molecular weight is 381 g/mol. The molecular formula is C21H36N2O2S. The maximum atomic E-state index is 10.3. The molecule has 1 unspecified atom stereocenters. The Morgan fingerprint density at radius 2 is 2.04 bits per heavy atom. The molecule has 0 radical (unpaired) electrons. The van der Waals surface area contributed by atoms with Crippen molar-refractivity contribution in [1.82, 2.24) is 4.90 Å². The van der Waals surface area contributed by atoms with Crippen molar-refractivity contribution in [2.45, 2.75) is 57.3 Å². The Labute approximate surface area is 163 Å². The van der Waals surface area contributed by atoms with Gasteiger partial charge in [0.25, 0.3) is 0 Å². The number of anilines is 1. The zero-order valence-electron chi connectivity index (χ0n) is 16.5. The van der Waals surface area contributed by atoms with Gasteiger partial charge in [-0.1, -0.05) is 37.5 Å². The van der Waals surface area contributed by atoms with Gasteiger partial charge in [0, 0.05) is 30.4 Å². The third kappa shape index (κ3) is 7.87. The van der Waals surface area contributed by atoms with Gasteiger partial charge in [0.15, 0.2) is 0 Å². The summed E-state index contributed by atoms with van der Waals surface area (Å²) in [5.74, 6) is 1.17. The molecule has 0 saturated heterocycles. The lowest BCUT2D eigenvalue weighted by Crippen LogP contribution is -2.40. The molecule has 1 atom stereocenters. The quantitative estimate of drug-likeness (QED) is 0.537. The number of para-hydroxylation sites is 1. The summed E-state index contributed by atoms with van der Waals surface area (Å²) in [5.41, 5.74) is 2.30. The fourth-order valence-electron chi connectivity index (χ4n) is 3.62. The summed E-state index contributed by atoms with van der Waals surface area (Å²) in [4.78, 5) is 2.31. The normalized spacial score (nSPS) is 16.8. The van der Waals surface area contributed by atoms with Crippen molar-refractivity contribution in [3.63, 3.8) is 0 Å². The Hall–Kier alpha value is -0.750. The van der Waals surface area contributed by atoms with E-state index in [0.717, 1.165) is 24.2 Å². The van der Waals surface area contributed by atoms with Crippen LogP contribution in [0.5, 0.6) is 0 Å². The van der Waals surface area contributed by atoms with E-state index in [9.17, 15) is 5.11 Å². The van der Waals surface area contributed by atoms with Crippen molar-refractivity contribution in [3.05, 3.63) is 29.8 Å². The third-order valence-electron chi connectivity index (χ3n) is 5.12. The molecule has 26 heavy (non-hydrogen) atoms. The van der Waals surface area contributed by atoms with Gasteiger partial charge in [-0.3, -0.25) is 0 Å². The fraction of sp³-hybridized carbons (Fsp3) is 0.714. The Kier molecular flexibility index (Phi) is 10.4. The van der Waals surface area contributed by atoms with Crippen LogP contribution in [0.15, 0.2) is 24.3 Å². The van der Waals surface area contributed by atoms with Crippen LogP contribution in [0.2, 0.25) is 0 Å². The number of rotatable bonds is 12. The monoisotopic (exact) mass is 380 g/mol. The van der Waals surface area contributed by atoms with Gasteiger partial charge in [0.1, 0.15) is 0 Å². The second-order valence-electron chi connectivity index (χ2n) is 7.33. The number of likely N-dealkylation sites (N-methyl/N-ethyl adjacent to an activating group) is 1. The highest BCUT2D eigenvalue weighted by Gasteiger charge is 2.20. The van der Waals surface area contributed by atoms with E-state index in [1.165, 1.54) is 37.9 Å². The van der Waals surface area contributed by atoms with E-state index in [4.69, 9.17) is 4.74 Å². The minimum absolute atomic E-state index is 0.387. The minimum Gasteiger partial charge on any atom is -0.389 e. The molecule has 148 valence electrons. The molecule has 1 saturated carbocycles. The number of aliphatic hydroxyl groups is 1. The van der Waals surface area contributed by atoms with E-state index in [-0.39, 0.29) is 0 Å². The third-order valence-corrected chi connectivity index (χ3v) is 5.82. The maximum absolute atomic E-state index is 10.3. The second kappa shape index (κ2) is 12.6. The van der Waals surface area contributed by atoms with Crippen LogP contribution >= 0.6 is 11.8 Å². The van der Waals surface area contributed by atoms with Crippen molar-refractivity contribution in [2.24, 2.45) is 0 Å². The van der Waals surface area contributed by atoms with Gasteiger partial charge >= 0.3 is 0 Å². The molecule has 0 heterocycles. The molecule has 1 aromatic carbocycles. The Balaban J connectivity index is 1.69. The molecule has 2 rings (SSSR count). The zero-order valence-corrected chi connectivity index (χ0v) is 17.3. The predicted molar refractivity (Wildman–Crippen MR) is 113 cm³/mol. The van der Waals surface area contributed by atoms with Crippen molar-refractivity contribution >= 4 is 17.4 Å². The summed E-state index contributed by atoms with van der Waals surface area (Å²) in [5, 5.41) is 13.8. The first kappa shape index (κ1) is 21.5. The van der Waals surface area contributed by atoms with Gasteiger partial charge in [-0.2, -0.15) is 11.8 Å². The summed E-state index contributed by atoms with van der Waals surface area (Å²) in [6.07, 6.45) is 9.40. The smallest absolute Gasteiger partial charge is 0.0900 e. The summed E-state index contributed by atoms with van der Waals surface area (Å²) in [7, 11) is 2.13. The van der Waals surface area contributed by atoms with Gasteiger partial charge in [0.05, 0.1) is 19.3 Å². The summed E-state index contributed by atoms with van der Waals surface area (Å²) in [6.45, 7) is 2.60. The van der Waals surface area contributed by atoms with Gasteiger partial charge in [-0.15, -0.1) is 0 Å². The van der Waals surface area contributed by atoms with Crippen molar-refractivity contribution < 1.29 is 9.84 Å². The number of nitrogens with zero attached hydrogens (tertiary/aromatic N) is 1. The van der Waals surface area contributed by atoms with E-state index in [2.05, 4.69) is 35.7 Å².